The molecule has 0 unspecified atom stereocenters. The van der Waals surface area contributed by atoms with E-state index in [0.29, 0.717) is 5.56 Å². The van der Waals surface area contributed by atoms with Crippen molar-refractivity contribution in [3.63, 3.8) is 0 Å². The van der Waals surface area contributed by atoms with Gasteiger partial charge in [-0.3, -0.25) is 4.98 Å². The number of aliphatic hydroxyl groups excluding tert-OH is 1. The number of hydrogen-bond donors (Lipinski definition) is 2. The van der Waals surface area contributed by atoms with Gasteiger partial charge in [-0.15, -0.1) is 0 Å². The van der Waals surface area contributed by atoms with Crippen molar-refractivity contribution in [3.05, 3.63) is 29.6 Å². The van der Waals surface area contributed by atoms with Gasteiger partial charge in [-0.1, -0.05) is 6.07 Å². The molecule has 14 heavy (non-hydrogen) atoms. The molecule has 0 aliphatic carbocycles. The van der Waals surface area contributed by atoms with Crippen molar-refractivity contribution >= 4 is 0 Å². The van der Waals surface area contributed by atoms with Crippen LogP contribution < -0.4 is 5.73 Å². The molecule has 78 valence electrons. The van der Waals surface area contributed by atoms with Gasteiger partial charge in [0, 0.05) is 6.20 Å². The van der Waals surface area contributed by atoms with E-state index in [1.54, 1.807) is 0 Å². The van der Waals surface area contributed by atoms with Crippen LogP contribution >= 0.6 is 0 Å². The third kappa shape index (κ3) is 2.43. The van der Waals surface area contributed by atoms with Crippen LogP contribution in [0.25, 0.3) is 0 Å². The maximum Gasteiger partial charge on any atom is 0.433 e. The highest BCUT2D eigenvalue weighted by atomic mass is 19.4. The van der Waals surface area contributed by atoms with Gasteiger partial charge in [-0.2, -0.15) is 13.2 Å². The van der Waals surface area contributed by atoms with Crippen molar-refractivity contribution in [2.45, 2.75) is 12.2 Å². The van der Waals surface area contributed by atoms with Crippen molar-refractivity contribution in [1.82, 2.24) is 4.98 Å². The molecule has 1 aromatic heterocycles. The molecule has 0 aromatic carbocycles. The Labute approximate surface area is 78.4 Å². The Morgan fingerprint density at radius 2 is 2.07 bits per heavy atom. The highest BCUT2D eigenvalue weighted by Crippen LogP contribution is 2.27. The number of hydrogen-bond acceptors (Lipinski definition) is 3. The lowest BCUT2D eigenvalue weighted by Crippen LogP contribution is -2.16. The monoisotopic (exact) mass is 206 g/mol. The van der Waals surface area contributed by atoms with Crippen LogP contribution in [0.4, 0.5) is 13.2 Å². The average Bonchev–Trinajstić information content (AvgIpc) is 2.15. The van der Waals surface area contributed by atoms with E-state index in [1.807, 2.05) is 0 Å². The second-order valence-corrected chi connectivity index (χ2v) is 2.76. The Morgan fingerprint density at radius 1 is 1.43 bits per heavy atom. The van der Waals surface area contributed by atoms with Crippen LogP contribution in [0.1, 0.15) is 17.3 Å². The molecule has 0 bridgehead atoms. The number of alkyl halides is 3. The summed E-state index contributed by atoms with van der Waals surface area (Å²) in [5.74, 6) is 0. The van der Waals surface area contributed by atoms with Crippen LogP contribution in [0.15, 0.2) is 18.3 Å². The van der Waals surface area contributed by atoms with Crippen molar-refractivity contribution < 1.29 is 18.3 Å². The Kier molecular flexibility index (Phi) is 3.07. The Balaban J connectivity index is 2.89. The summed E-state index contributed by atoms with van der Waals surface area (Å²) < 4.78 is 36.2. The smallest absolute Gasteiger partial charge is 0.394 e. The van der Waals surface area contributed by atoms with E-state index in [1.165, 1.54) is 6.07 Å². The van der Waals surface area contributed by atoms with Gasteiger partial charge >= 0.3 is 6.18 Å². The Morgan fingerprint density at radius 3 is 2.43 bits per heavy atom. The van der Waals surface area contributed by atoms with Crippen LogP contribution in [0.5, 0.6) is 0 Å². The minimum absolute atomic E-state index is 0.326. The fourth-order valence-corrected chi connectivity index (χ4v) is 0.898. The zero-order chi connectivity index (χ0) is 10.8. The first kappa shape index (κ1) is 10.9. The number of nitrogens with zero attached hydrogens (tertiary/aromatic N) is 1. The van der Waals surface area contributed by atoms with E-state index >= 15 is 0 Å². The molecule has 3 nitrogen and oxygen atoms in total. The summed E-state index contributed by atoms with van der Waals surface area (Å²) in [5.41, 5.74) is 4.79. The molecule has 6 heteroatoms. The maximum atomic E-state index is 12.1. The summed E-state index contributed by atoms with van der Waals surface area (Å²) in [6.45, 7) is -0.326. The summed E-state index contributed by atoms with van der Waals surface area (Å²) in [7, 11) is 0. The molecular weight excluding hydrogens is 197 g/mol. The van der Waals surface area contributed by atoms with E-state index in [9.17, 15) is 13.2 Å². The molecule has 3 N–H and O–H groups in total. The Bertz CT molecular complexity index is 296. The molecule has 1 heterocycles. The van der Waals surface area contributed by atoms with Gasteiger partial charge in [-0.25, -0.2) is 0 Å². The molecule has 0 aliphatic heterocycles. The third-order valence-corrected chi connectivity index (χ3v) is 1.70. The molecule has 0 saturated carbocycles. The highest BCUT2D eigenvalue weighted by Gasteiger charge is 2.32. The summed E-state index contributed by atoms with van der Waals surface area (Å²) in [6, 6.07) is 1.35. The number of nitrogens with two attached hydrogens (primary N) is 1. The molecule has 0 fully saturated rings. The predicted octanol–water partition coefficient (Wildman–Crippen LogP) is 1.09. The molecule has 0 aliphatic rings. The molecule has 0 spiro atoms. The molecule has 0 amide bonds. The van der Waals surface area contributed by atoms with Crippen LogP contribution in [0.3, 0.4) is 0 Å². The second kappa shape index (κ2) is 3.93. The lowest BCUT2D eigenvalue weighted by Gasteiger charge is -2.09. The van der Waals surface area contributed by atoms with Gasteiger partial charge in [0.25, 0.3) is 0 Å². The van der Waals surface area contributed by atoms with Gasteiger partial charge in [-0.05, 0) is 11.6 Å². The molecule has 1 rings (SSSR count). The predicted molar refractivity (Wildman–Crippen MR) is 43.3 cm³/mol. The van der Waals surface area contributed by atoms with Gasteiger partial charge in [0.05, 0.1) is 12.6 Å². The molecule has 1 aromatic rings. The number of rotatable bonds is 2. The largest absolute Gasteiger partial charge is 0.433 e. The minimum Gasteiger partial charge on any atom is -0.394 e. The zero-order valence-corrected chi connectivity index (χ0v) is 7.12. The minimum atomic E-state index is -4.44. The van der Waals surface area contributed by atoms with Crippen LogP contribution in [-0.2, 0) is 6.18 Å². The Hall–Kier alpha value is -1.14. The summed E-state index contributed by atoms with van der Waals surface area (Å²) in [4.78, 5) is 3.20. The molecule has 0 radical (unpaired) electrons. The maximum absolute atomic E-state index is 12.1. The molecule has 1 atom stereocenters. The van der Waals surface area contributed by atoms with Gasteiger partial charge in [0.15, 0.2) is 0 Å². The third-order valence-electron chi connectivity index (χ3n) is 1.70. The average molecular weight is 206 g/mol. The number of halogens is 3. The first-order valence-electron chi connectivity index (χ1n) is 3.84. The fourth-order valence-electron chi connectivity index (χ4n) is 0.898. The first-order valence-corrected chi connectivity index (χ1v) is 3.84. The van der Waals surface area contributed by atoms with Gasteiger partial charge in [0.1, 0.15) is 5.69 Å². The van der Waals surface area contributed by atoms with E-state index in [0.717, 1.165) is 12.3 Å². The van der Waals surface area contributed by atoms with Crippen LogP contribution in [0.2, 0.25) is 0 Å². The quantitative estimate of drug-likeness (QED) is 0.761. The van der Waals surface area contributed by atoms with E-state index in [4.69, 9.17) is 10.8 Å². The van der Waals surface area contributed by atoms with Crippen molar-refractivity contribution in [2.75, 3.05) is 6.61 Å². The number of pyridine rings is 1. The van der Waals surface area contributed by atoms with Crippen molar-refractivity contribution in [3.8, 4) is 0 Å². The first-order chi connectivity index (χ1) is 6.45. The molecule has 0 saturated heterocycles. The normalized spacial score (nSPS) is 14.1. The van der Waals surface area contributed by atoms with Crippen LogP contribution in [0, 0.1) is 0 Å². The van der Waals surface area contributed by atoms with E-state index < -0.39 is 17.9 Å². The van der Waals surface area contributed by atoms with Crippen molar-refractivity contribution in [2.24, 2.45) is 5.73 Å². The highest BCUT2D eigenvalue weighted by molar-refractivity contribution is 5.18. The lowest BCUT2D eigenvalue weighted by atomic mass is 10.1. The standard InChI is InChI=1S/C8H9F3N2O/c9-8(10,11)7-2-1-5(3-13-7)6(12)4-14/h1-3,6,14H,4,12H2/t6-/m1/s1. The number of aliphatic hydroxyl groups is 1. The summed E-state index contributed by atoms with van der Waals surface area (Å²) in [5, 5.41) is 8.64. The molecular formula is C8H9F3N2O. The second-order valence-electron chi connectivity index (χ2n) is 2.76. The lowest BCUT2D eigenvalue weighted by molar-refractivity contribution is -0.141. The summed E-state index contributed by atoms with van der Waals surface area (Å²) in [6.07, 6.45) is -3.43. The summed E-state index contributed by atoms with van der Waals surface area (Å²) >= 11 is 0. The fraction of sp³-hybridized carbons (Fsp3) is 0.375. The SMILES string of the molecule is N[C@H](CO)c1ccc(C(F)(F)F)nc1. The van der Waals surface area contributed by atoms with Gasteiger partial charge in [0.2, 0.25) is 0 Å². The van der Waals surface area contributed by atoms with Crippen LogP contribution in [-0.4, -0.2) is 16.7 Å². The van der Waals surface area contributed by atoms with Gasteiger partial charge < -0.3 is 10.8 Å². The zero-order valence-electron chi connectivity index (χ0n) is 7.12. The number of aromatic nitrogens is 1. The van der Waals surface area contributed by atoms with E-state index in [2.05, 4.69) is 4.98 Å². The van der Waals surface area contributed by atoms with E-state index in [-0.39, 0.29) is 6.61 Å². The van der Waals surface area contributed by atoms with Crippen molar-refractivity contribution in [1.29, 1.82) is 0 Å². The topological polar surface area (TPSA) is 59.1 Å².